The Bertz CT molecular complexity index is 887. The van der Waals surface area contributed by atoms with Crippen molar-refractivity contribution >= 4 is 29.0 Å². The number of benzene rings is 3. The van der Waals surface area contributed by atoms with E-state index in [1.807, 2.05) is 54.6 Å². The molecule has 0 aliphatic carbocycles. The van der Waals surface area contributed by atoms with Gasteiger partial charge in [-0.1, -0.05) is 65.7 Å². The van der Waals surface area contributed by atoms with Crippen molar-refractivity contribution in [2.75, 3.05) is 0 Å². The smallest absolute Gasteiger partial charge is 0.129 e. The number of hydrogen-bond donors (Lipinski definition) is 1. The van der Waals surface area contributed by atoms with Crippen molar-refractivity contribution in [1.82, 2.24) is 5.32 Å². The van der Waals surface area contributed by atoms with Crippen LogP contribution < -0.4 is 5.32 Å². The third-order valence-electron chi connectivity index (χ3n) is 4.36. The van der Waals surface area contributed by atoms with Gasteiger partial charge in [-0.25, -0.2) is 0 Å². The Morgan fingerprint density at radius 1 is 0.680 bits per heavy atom. The molecule has 2 nitrogen and oxygen atoms in total. The molecule has 0 fully saturated rings. The van der Waals surface area contributed by atoms with E-state index < -0.39 is 0 Å². The SMILES string of the molecule is Clc1ccc(C2=N[C@H](c3ccc(Cl)cc3)[C@H](c3ccccc3)N2)cc1. The van der Waals surface area contributed by atoms with Gasteiger partial charge in [0, 0.05) is 15.6 Å². The molecule has 0 aromatic heterocycles. The van der Waals surface area contributed by atoms with E-state index >= 15 is 0 Å². The lowest BCUT2D eigenvalue weighted by Gasteiger charge is -2.19. The van der Waals surface area contributed by atoms with E-state index in [1.54, 1.807) is 0 Å². The molecular formula is C21H16Cl2N2. The second-order valence-corrected chi connectivity index (χ2v) is 6.89. The largest absolute Gasteiger partial charge is 0.361 e. The Labute approximate surface area is 157 Å². The first-order valence-electron chi connectivity index (χ1n) is 8.11. The van der Waals surface area contributed by atoms with Crippen molar-refractivity contribution in [1.29, 1.82) is 0 Å². The number of nitrogens with one attached hydrogen (secondary N) is 1. The molecule has 0 unspecified atom stereocenters. The standard InChI is InChI=1S/C21H16Cl2N2/c22-17-10-6-15(7-11-17)20-19(14-4-2-1-3-5-14)24-21(25-20)16-8-12-18(23)13-9-16/h1-13,19-20H,(H,24,25)/t19-,20+/m0/s1. The van der Waals surface area contributed by atoms with Crippen molar-refractivity contribution in [3.63, 3.8) is 0 Å². The maximum Gasteiger partial charge on any atom is 0.129 e. The molecule has 3 aromatic carbocycles. The quantitative estimate of drug-likeness (QED) is 0.619. The van der Waals surface area contributed by atoms with Crippen molar-refractivity contribution in [2.24, 2.45) is 4.99 Å². The molecule has 4 rings (SSSR count). The summed E-state index contributed by atoms with van der Waals surface area (Å²) in [5.41, 5.74) is 3.37. The number of amidine groups is 1. The molecule has 0 saturated carbocycles. The maximum absolute atomic E-state index is 6.05. The molecule has 3 aromatic rings. The predicted octanol–water partition coefficient (Wildman–Crippen LogP) is 5.83. The van der Waals surface area contributed by atoms with E-state index in [1.165, 1.54) is 5.56 Å². The zero-order valence-electron chi connectivity index (χ0n) is 13.4. The van der Waals surface area contributed by atoms with Gasteiger partial charge in [0.25, 0.3) is 0 Å². The average Bonchev–Trinajstić information content (AvgIpc) is 3.09. The van der Waals surface area contributed by atoms with Gasteiger partial charge < -0.3 is 5.32 Å². The Morgan fingerprint density at radius 2 is 1.28 bits per heavy atom. The van der Waals surface area contributed by atoms with Crippen LogP contribution in [0.5, 0.6) is 0 Å². The fraction of sp³-hybridized carbons (Fsp3) is 0.0952. The van der Waals surface area contributed by atoms with Crippen LogP contribution in [-0.4, -0.2) is 5.84 Å². The van der Waals surface area contributed by atoms with Crippen LogP contribution in [0.4, 0.5) is 0 Å². The second kappa shape index (κ2) is 6.91. The van der Waals surface area contributed by atoms with Crippen LogP contribution in [0.3, 0.4) is 0 Å². The topological polar surface area (TPSA) is 24.4 Å². The Morgan fingerprint density at radius 3 is 1.92 bits per heavy atom. The zero-order chi connectivity index (χ0) is 17.2. The van der Waals surface area contributed by atoms with Gasteiger partial charge in [-0.15, -0.1) is 0 Å². The highest BCUT2D eigenvalue weighted by molar-refractivity contribution is 6.30. The van der Waals surface area contributed by atoms with Gasteiger partial charge in [-0.3, -0.25) is 4.99 Å². The molecule has 0 spiro atoms. The lowest BCUT2D eigenvalue weighted by Crippen LogP contribution is -2.25. The molecule has 0 amide bonds. The predicted molar refractivity (Wildman–Crippen MR) is 105 cm³/mol. The number of rotatable bonds is 3. The van der Waals surface area contributed by atoms with Crippen LogP contribution >= 0.6 is 23.2 Å². The minimum Gasteiger partial charge on any atom is -0.361 e. The second-order valence-electron chi connectivity index (χ2n) is 6.01. The Kier molecular flexibility index (Phi) is 4.48. The molecule has 124 valence electrons. The summed E-state index contributed by atoms with van der Waals surface area (Å²) >= 11 is 12.1. The van der Waals surface area contributed by atoms with Gasteiger partial charge in [-0.2, -0.15) is 0 Å². The van der Waals surface area contributed by atoms with Gasteiger partial charge in [0.15, 0.2) is 0 Å². The Balaban J connectivity index is 1.74. The molecule has 1 aliphatic rings. The highest BCUT2D eigenvalue weighted by atomic mass is 35.5. The summed E-state index contributed by atoms with van der Waals surface area (Å²) in [6.45, 7) is 0. The number of nitrogens with zero attached hydrogens (tertiary/aromatic N) is 1. The number of hydrogen-bond acceptors (Lipinski definition) is 2. The van der Waals surface area contributed by atoms with Crippen molar-refractivity contribution in [3.8, 4) is 0 Å². The van der Waals surface area contributed by atoms with Crippen molar-refractivity contribution in [3.05, 3.63) is 106 Å². The Hall–Kier alpha value is -2.29. The minimum absolute atomic E-state index is 0.00894. The van der Waals surface area contributed by atoms with E-state index in [2.05, 4.69) is 29.6 Å². The molecule has 1 aliphatic heterocycles. The molecule has 1 heterocycles. The summed E-state index contributed by atoms with van der Waals surface area (Å²) in [7, 11) is 0. The summed E-state index contributed by atoms with van der Waals surface area (Å²) in [5.74, 6) is 0.880. The maximum atomic E-state index is 6.05. The summed E-state index contributed by atoms with van der Waals surface area (Å²) in [6.07, 6.45) is 0. The molecular weight excluding hydrogens is 351 g/mol. The highest BCUT2D eigenvalue weighted by Crippen LogP contribution is 2.37. The minimum atomic E-state index is -0.00894. The lowest BCUT2D eigenvalue weighted by molar-refractivity contribution is 0.572. The molecule has 0 saturated heterocycles. The monoisotopic (exact) mass is 366 g/mol. The molecule has 2 atom stereocenters. The molecule has 1 N–H and O–H groups in total. The fourth-order valence-corrected chi connectivity index (χ4v) is 3.35. The average molecular weight is 367 g/mol. The van der Waals surface area contributed by atoms with E-state index in [0.29, 0.717) is 0 Å². The van der Waals surface area contributed by atoms with Crippen molar-refractivity contribution in [2.45, 2.75) is 12.1 Å². The van der Waals surface area contributed by atoms with Gasteiger partial charge in [-0.05, 0) is 47.5 Å². The summed E-state index contributed by atoms with van der Waals surface area (Å²) in [4.78, 5) is 4.97. The van der Waals surface area contributed by atoms with Crippen LogP contribution in [0.15, 0.2) is 83.9 Å². The zero-order valence-corrected chi connectivity index (χ0v) is 14.9. The number of halogens is 2. The normalized spacial score (nSPS) is 19.4. The van der Waals surface area contributed by atoms with Gasteiger partial charge >= 0.3 is 0 Å². The van der Waals surface area contributed by atoms with E-state index in [-0.39, 0.29) is 12.1 Å². The van der Waals surface area contributed by atoms with Crippen LogP contribution in [0.2, 0.25) is 10.0 Å². The lowest BCUT2D eigenvalue weighted by atomic mass is 9.95. The van der Waals surface area contributed by atoms with E-state index in [9.17, 15) is 0 Å². The first kappa shape index (κ1) is 16.2. The van der Waals surface area contributed by atoms with Gasteiger partial charge in [0.05, 0.1) is 6.04 Å². The number of aliphatic imine (C=N–C) groups is 1. The molecule has 0 bridgehead atoms. The third-order valence-corrected chi connectivity index (χ3v) is 4.87. The molecule has 0 radical (unpaired) electrons. The fourth-order valence-electron chi connectivity index (χ4n) is 3.10. The summed E-state index contributed by atoms with van der Waals surface area (Å²) in [6, 6.07) is 26.1. The van der Waals surface area contributed by atoms with E-state index in [4.69, 9.17) is 28.2 Å². The van der Waals surface area contributed by atoms with Crippen LogP contribution in [-0.2, 0) is 0 Å². The van der Waals surface area contributed by atoms with Crippen molar-refractivity contribution < 1.29 is 0 Å². The van der Waals surface area contributed by atoms with Gasteiger partial charge in [0.2, 0.25) is 0 Å². The molecule has 25 heavy (non-hydrogen) atoms. The van der Waals surface area contributed by atoms with E-state index in [0.717, 1.165) is 27.0 Å². The first-order chi connectivity index (χ1) is 12.2. The van der Waals surface area contributed by atoms with Crippen LogP contribution in [0.1, 0.15) is 28.8 Å². The summed E-state index contributed by atoms with van der Waals surface area (Å²) < 4.78 is 0. The molecule has 4 heteroatoms. The van der Waals surface area contributed by atoms with Crippen LogP contribution in [0, 0.1) is 0 Å². The highest BCUT2D eigenvalue weighted by Gasteiger charge is 2.31. The third kappa shape index (κ3) is 3.41. The van der Waals surface area contributed by atoms with Gasteiger partial charge in [0.1, 0.15) is 11.9 Å². The van der Waals surface area contributed by atoms with Crippen LogP contribution in [0.25, 0.3) is 0 Å². The summed E-state index contributed by atoms with van der Waals surface area (Å²) in [5, 5.41) is 5.03. The first-order valence-corrected chi connectivity index (χ1v) is 8.87.